The van der Waals surface area contributed by atoms with Crippen LogP contribution in [-0.4, -0.2) is 30.2 Å². The van der Waals surface area contributed by atoms with Gasteiger partial charge in [0, 0.05) is 26.1 Å². The van der Waals surface area contributed by atoms with Crippen LogP contribution in [0.5, 0.6) is 0 Å². The highest BCUT2D eigenvalue weighted by atomic mass is 19.1. The number of hydrogen-bond acceptors (Lipinski definition) is 3. The van der Waals surface area contributed by atoms with Gasteiger partial charge < -0.3 is 15.3 Å². The van der Waals surface area contributed by atoms with Gasteiger partial charge in [-0.05, 0) is 49.3 Å². The fourth-order valence-corrected chi connectivity index (χ4v) is 3.40. The molecule has 5 heteroatoms. The molecule has 0 saturated carbocycles. The highest BCUT2D eigenvalue weighted by molar-refractivity contribution is 5.76. The van der Waals surface area contributed by atoms with Crippen molar-refractivity contribution in [3.05, 3.63) is 41.7 Å². The number of allylic oxidation sites excluding steroid dienone is 2. The first kappa shape index (κ1) is 17.0. The Hall–Kier alpha value is -1.88. The summed E-state index contributed by atoms with van der Waals surface area (Å²) >= 11 is 0. The lowest BCUT2D eigenvalue weighted by atomic mass is 10.0. The second-order valence-electron chi connectivity index (χ2n) is 6.75. The number of carbonyl (C=O) groups is 1. The van der Waals surface area contributed by atoms with Gasteiger partial charge in [0.15, 0.2) is 0 Å². The quantitative estimate of drug-likeness (QED) is 0.815. The summed E-state index contributed by atoms with van der Waals surface area (Å²) in [5.74, 6) is 0.0940. The Morgan fingerprint density at radius 3 is 2.75 bits per heavy atom. The highest BCUT2D eigenvalue weighted by Crippen LogP contribution is 2.24. The third-order valence-corrected chi connectivity index (χ3v) is 4.87. The van der Waals surface area contributed by atoms with Gasteiger partial charge >= 0.3 is 0 Å². The van der Waals surface area contributed by atoms with E-state index >= 15 is 0 Å². The zero-order valence-electron chi connectivity index (χ0n) is 13.9. The molecule has 1 aromatic rings. The number of halogens is 1. The summed E-state index contributed by atoms with van der Waals surface area (Å²) in [5.41, 5.74) is 1.34. The van der Waals surface area contributed by atoms with E-state index in [1.807, 2.05) is 11.0 Å². The maximum absolute atomic E-state index is 14.4. The van der Waals surface area contributed by atoms with Crippen LogP contribution in [0.15, 0.2) is 30.4 Å². The maximum Gasteiger partial charge on any atom is 0.220 e. The molecule has 1 fully saturated rings. The normalized spacial score (nSPS) is 21.2. The highest BCUT2D eigenvalue weighted by Gasteiger charge is 2.20. The van der Waals surface area contributed by atoms with E-state index in [0.29, 0.717) is 50.5 Å². The lowest BCUT2D eigenvalue weighted by molar-refractivity contribution is -0.121. The van der Waals surface area contributed by atoms with E-state index in [1.54, 1.807) is 6.07 Å². The molecule has 1 aromatic carbocycles. The minimum atomic E-state index is -0.270. The Balaban J connectivity index is 1.52. The van der Waals surface area contributed by atoms with Gasteiger partial charge in [0.2, 0.25) is 5.91 Å². The number of rotatable bonds is 5. The van der Waals surface area contributed by atoms with Crippen molar-refractivity contribution in [3.63, 3.8) is 0 Å². The average molecular weight is 332 g/mol. The summed E-state index contributed by atoms with van der Waals surface area (Å²) in [4.78, 5) is 13.9. The zero-order chi connectivity index (χ0) is 16.9. The minimum absolute atomic E-state index is 0.0149. The molecule has 0 bridgehead atoms. The van der Waals surface area contributed by atoms with Crippen molar-refractivity contribution in [2.45, 2.75) is 44.8 Å². The molecule has 0 spiro atoms. The summed E-state index contributed by atoms with van der Waals surface area (Å²) in [6.07, 6.45) is 7.90. The van der Waals surface area contributed by atoms with Crippen LogP contribution >= 0.6 is 0 Å². The number of amides is 1. The summed E-state index contributed by atoms with van der Waals surface area (Å²) < 4.78 is 14.4. The Morgan fingerprint density at radius 1 is 1.29 bits per heavy atom. The molecule has 2 N–H and O–H groups in total. The molecule has 0 aromatic heterocycles. The predicted molar refractivity (Wildman–Crippen MR) is 92.2 cm³/mol. The Bertz CT molecular complexity index is 609. The fourth-order valence-electron chi connectivity index (χ4n) is 3.40. The number of aliphatic hydroxyl groups excluding tert-OH is 1. The van der Waals surface area contributed by atoms with Gasteiger partial charge in [-0.15, -0.1) is 0 Å². The van der Waals surface area contributed by atoms with E-state index in [0.717, 1.165) is 18.4 Å². The number of aliphatic hydroxyl groups is 1. The fraction of sp³-hybridized carbons (Fsp3) is 0.526. The monoisotopic (exact) mass is 332 g/mol. The molecule has 1 aliphatic carbocycles. The van der Waals surface area contributed by atoms with Crippen molar-refractivity contribution in [2.75, 3.05) is 18.0 Å². The first-order valence-electron chi connectivity index (χ1n) is 8.76. The molecule has 24 heavy (non-hydrogen) atoms. The summed E-state index contributed by atoms with van der Waals surface area (Å²) in [5, 5.41) is 12.4. The molecular weight excluding hydrogens is 307 g/mol. The SMILES string of the molecule is O=C(CC1C=CCC1)NCc1ccc(N2CCC(O)CC2)c(F)c1. The van der Waals surface area contributed by atoms with Crippen LogP contribution in [0.1, 0.15) is 37.7 Å². The van der Waals surface area contributed by atoms with E-state index in [1.165, 1.54) is 6.07 Å². The number of nitrogens with one attached hydrogen (secondary N) is 1. The van der Waals surface area contributed by atoms with Gasteiger partial charge in [-0.1, -0.05) is 18.2 Å². The molecule has 2 aliphatic rings. The summed E-state index contributed by atoms with van der Waals surface area (Å²) in [6, 6.07) is 5.13. The maximum atomic E-state index is 14.4. The Morgan fingerprint density at radius 2 is 2.08 bits per heavy atom. The predicted octanol–water partition coefficient (Wildman–Crippen LogP) is 2.76. The van der Waals surface area contributed by atoms with E-state index in [-0.39, 0.29) is 17.8 Å². The van der Waals surface area contributed by atoms with Crippen LogP contribution in [0, 0.1) is 11.7 Å². The standard InChI is InChI=1S/C19H25FN2O2/c20-17-11-15(13-21-19(24)12-14-3-1-2-4-14)5-6-18(17)22-9-7-16(23)8-10-22/h1,3,5-6,11,14,16,23H,2,4,7-10,12-13H2,(H,21,24). The average Bonchev–Trinajstić information content (AvgIpc) is 3.07. The zero-order valence-corrected chi connectivity index (χ0v) is 13.9. The third-order valence-electron chi connectivity index (χ3n) is 4.87. The minimum Gasteiger partial charge on any atom is -0.393 e. The van der Waals surface area contributed by atoms with Gasteiger partial charge in [0.1, 0.15) is 5.82 Å². The molecule has 1 unspecified atom stereocenters. The lowest BCUT2D eigenvalue weighted by Gasteiger charge is -2.31. The van der Waals surface area contributed by atoms with E-state index in [9.17, 15) is 14.3 Å². The number of anilines is 1. The lowest BCUT2D eigenvalue weighted by Crippen LogP contribution is -2.36. The van der Waals surface area contributed by atoms with Crippen LogP contribution in [0.4, 0.5) is 10.1 Å². The topological polar surface area (TPSA) is 52.6 Å². The molecule has 0 radical (unpaired) electrons. The van der Waals surface area contributed by atoms with Crippen LogP contribution < -0.4 is 10.2 Å². The molecule has 1 atom stereocenters. The molecule has 1 heterocycles. The van der Waals surface area contributed by atoms with Gasteiger partial charge in [-0.3, -0.25) is 4.79 Å². The van der Waals surface area contributed by atoms with Crippen molar-refractivity contribution in [1.29, 1.82) is 0 Å². The number of carbonyl (C=O) groups excluding carboxylic acids is 1. The molecule has 1 amide bonds. The van der Waals surface area contributed by atoms with Crippen molar-refractivity contribution in [3.8, 4) is 0 Å². The third kappa shape index (κ3) is 4.35. The Labute approximate surface area is 142 Å². The molecule has 1 saturated heterocycles. The van der Waals surface area contributed by atoms with Crippen LogP contribution in [0.25, 0.3) is 0 Å². The number of benzene rings is 1. The first-order chi connectivity index (χ1) is 11.6. The number of nitrogens with zero attached hydrogens (tertiary/aromatic N) is 1. The molecule has 1 aliphatic heterocycles. The van der Waals surface area contributed by atoms with Crippen molar-refractivity contribution < 1.29 is 14.3 Å². The second-order valence-corrected chi connectivity index (χ2v) is 6.75. The Kier molecular flexibility index (Phi) is 5.51. The molecule has 4 nitrogen and oxygen atoms in total. The van der Waals surface area contributed by atoms with Gasteiger partial charge in [0.25, 0.3) is 0 Å². The van der Waals surface area contributed by atoms with E-state index in [2.05, 4.69) is 17.5 Å². The van der Waals surface area contributed by atoms with Gasteiger partial charge in [0.05, 0.1) is 11.8 Å². The summed E-state index contributed by atoms with van der Waals surface area (Å²) in [7, 11) is 0. The van der Waals surface area contributed by atoms with E-state index < -0.39 is 0 Å². The smallest absolute Gasteiger partial charge is 0.220 e. The van der Waals surface area contributed by atoms with Gasteiger partial charge in [-0.25, -0.2) is 4.39 Å². The van der Waals surface area contributed by atoms with Crippen LogP contribution in [0.3, 0.4) is 0 Å². The van der Waals surface area contributed by atoms with Crippen molar-refractivity contribution in [2.24, 2.45) is 5.92 Å². The summed E-state index contributed by atoms with van der Waals surface area (Å²) in [6.45, 7) is 1.69. The van der Waals surface area contributed by atoms with Crippen LogP contribution in [0.2, 0.25) is 0 Å². The largest absolute Gasteiger partial charge is 0.393 e. The van der Waals surface area contributed by atoms with Crippen molar-refractivity contribution in [1.82, 2.24) is 5.32 Å². The second kappa shape index (κ2) is 7.79. The van der Waals surface area contributed by atoms with Crippen LogP contribution in [-0.2, 0) is 11.3 Å². The van der Waals surface area contributed by atoms with Crippen molar-refractivity contribution >= 4 is 11.6 Å². The van der Waals surface area contributed by atoms with E-state index in [4.69, 9.17) is 0 Å². The molecular formula is C19H25FN2O2. The van der Waals surface area contributed by atoms with Gasteiger partial charge in [-0.2, -0.15) is 0 Å². The number of hydrogen-bond donors (Lipinski definition) is 2. The molecule has 3 rings (SSSR count). The first-order valence-corrected chi connectivity index (χ1v) is 8.76. The number of piperidine rings is 1. The molecule has 130 valence electrons.